The summed E-state index contributed by atoms with van der Waals surface area (Å²) in [4.78, 5) is 30.4. The van der Waals surface area contributed by atoms with Crippen molar-refractivity contribution in [3.05, 3.63) is 35.5 Å². The Bertz CT molecular complexity index is 832. The summed E-state index contributed by atoms with van der Waals surface area (Å²) in [6.07, 6.45) is 3.89. The second-order valence-corrected chi connectivity index (χ2v) is 9.48. The number of amides is 2. The van der Waals surface area contributed by atoms with Gasteiger partial charge >= 0.3 is 0 Å². The molecule has 6 heteroatoms. The maximum Gasteiger partial charge on any atom is 0.277 e. The predicted octanol–water partition coefficient (Wildman–Crippen LogP) is 3.71. The Morgan fingerprint density at radius 3 is 2.39 bits per heavy atom. The van der Waals surface area contributed by atoms with Crippen molar-refractivity contribution in [1.82, 2.24) is 9.80 Å². The molecular weight excluding hydrogens is 392 g/mol. The van der Waals surface area contributed by atoms with Gasteiger partial charge in [-0.25, -0.2) is 0 Å². The molecule has 3 aliphatic rings. The molecular formula is C25H34N2O4. The van der Waals surface area contributed by atoms with E-state index in [1.165, 1.54) is 4.90 Å². The number of imide groups is 1. The lowest BCUT2D eigenvalue weighted by Gasteiger charge is -2.32. The average Bonchev–Trinajstić information content (AvgIpc) is 3.36. The first kappa shape index (κ1) is 21.9. The molecule has 0 aliphatic carbocycles. The summed E-state index contributed by atoms with van der Waals surface area (Å²) in [6, 6.07) is 7.58. The van der Waals surface area contributed by atoms with E-state index < -0.39 is 0 Å². The van der Waals surface area contributed by atoms with E-state index in [-0.39, 0.29) is 17.9 Å². The van der Waals surface area contributed by atoms with Crippen molar-refractivity contribution in [3.63, 3.8) is 0 Å². The van der Waals surface area contributed by atoms with Gasteiger partial charge in [0.15, 0.2) is 0 Å². The fourth-order valence-electron chi connectivity index (χ4n) is 4.49. The number of hydrogen-bond donors (Lipinski definition) is 0. The minimum absolute atomic E-state index is 0.0540. The highest BCUT2D eigenvalue weighted by molar-refractivity contribution is 6.35. The monoisotopic (exact) mass is 426 g/mol. The van der Waals surface area contributed by atoms with E-state index in [0.717, 1.165) is 50.1 Å². The zero-order chi connectivity index (χ0) is 22.0. The van der Waals surface area contributed by atoms with Crippen LogP contribution in [0.3, 0.4) is 0 Å². The molecule has 3 aliphatic heterocycles. The lowest BCUT2D eigenvalue weighted by atomic mass is 9.97. The average molecular weight is 427 g/mol. The van der Waals surface area contributed by atoms with Crippen LogP contribution in [0.15, 0.2) is 30.0 Å². The van der Waals surface area contributed by atoms with E-state index in [1.54, 1.807) is 0 Å². The summed E-state index contributed by atoms with van der Waals surface area (Å²) in [5, 5.41) is 0. The third-order valence-electron chi connectivity index (χ3n) is 6.38. The Labute approximate surface area is 185 Å². The minimum Gasteiger partial charge on any atom is -0.493 e. The maximum atomic E-state index is 13.5. The SMILES string of the molecule is CC(C)COc1ccc(C2=C(N3CCC(C)CC3)C(=O)N(CC3CCCO3)C2=O)cc1. The van der Waals surface area contributed by atoms with E-state index in [9.17, 15) is 9.59 Å². The van der Waals surface area contributed by atoms with Gasteiger partial charge in [-0.1, -0.05) is 32.9 Å². The first-order valence-corrected chi connectivity index (χ1v) is 11.6. The maximum absolute atomic E-state index is 13.5. The van der Waals surface area contributed by atoms with Crippen LogP contribution >= 0.6 is 0 Å². The summed E-state index contributed by atoms with van der Waals surface area (Å²) in [7, 11) is 0. The smallest absolute Gasteiger partial charge is 0.277 e. The van der Waals surface area contributed by atoms with Gasteiger partial charge in [-0.2, -0.15) is 0 Å². The van der Waals surface area contributed by atoms with Gasteiger partial charge in [0.25, 0.3) is 11.8 Å². The summed E-state index contributed by atoms with van der Waals surface area (Å²) >= 11 is 0. The molecule has 2 amide bonds. The molecule has 0 spiro atoms. The summed E-state index contributed by atoms with van der Waals surface area (Å²) < 4.78 is 11.5. The van der Waals surface area contributed by atoms with Gasteiger partial charge in [-0.05, 0) is 55.2 Å². The molecule has 4 rings (SSSR count). The highest BCUT2D eigenvalue weighted by Gasteiger charge is 2.43. The lowest BCUT2D eigenvalue weighted by molar-refractivity contribution is -0.139. The van der Waals surface area contributed by atoms with Crippen molar-refractivity contribution >= 4 is 17.4 Å². The fourth-order valence-corrected chi connectivity index (χ4v) is 4.49. The van der Waals surface area contributed by atoms with E-state index in [2.05, 4.69) is 25.7 Å². The molecule has 0 radical (unpaired) electrons. The van der Waals surface area contributed by atoms with Crippen LogP contribution in [0.5, 0.6) is 5.75 Å². The standard InChI is InChI=1S/C25H34N2O4/c1-17(2)16-31-20-8-6-19(7-9-20)22-23(26-12-10-18(3)11-13-26)25(29)27(24(22)28)15-21-5-4-14-30-21/h6-9,17-18,21H,4-5,10-16H2,1-3H3. The van der Waals surface area contributed by atoms with Crippen molar-refractivity contribution in [3.8, 4) is 5.75 Å². The van der Waals surface area contributed by atoms with Crippen LogP contribution in [-0.4, -0.2) is 60.6 Å². The zero-order valence-electron chi connectivity index (χ0n) is 18.9. The fraction of sp³-hybridized carbons (Fsp3) is 0.600. The van der Waals surface area contributed by atoms with Crippen LogP contribution in [0.2, 0.25) is 0 Å². The van der Waals surface area contributed by atoms with E-state index >= 15 is 0 Å². The third-order valence-corrected chi connectivity index (χ3v) is 6.38. The number of benzene rings is 1. The number of carbonyl (C=O) groups excluding carboxylic acids is 2. The second kappa shape index (κ2) is 9.43. The van der Waals surface area contributed by atoms with E-state index in [0.29, 0.717) is 42.9 Å². The Kier molecular flexibility index (Phi) is 6.65. The Morgan fingerprint density at radius 2 is 1.77 bits per heavy atom. The van der Waals surface area contributed by atoms with Gasteiger partial charge < -0.3 is 14.4 Å². The molecule has 6 nitrogen and oxygen atoms in total. The number of ether oxygens (including phenoxy) is 2. The number of rotatable bonds is 7. The van der Waals surface area contributed by atoms with Crippen molar-refractivity contribution in [2.24, 2.45) is 11.8 Å². The summed E-state index contributed by atoms with van der Waals surface area (Å²) in [5.41, 5.74) is 1.86. The van der Waals surface area contributed by atoms with Gasteiger partial charge in [-0.3, -0.25) is 14.5 Å². The highest BCUT2D eigenvalue weighted by Crippen LogP contribution is 2.35. The van der Waals surface area contributed by atoms with Crippen LogP contribution in [0.25, 0.3) is 5.57 Å². The van der Waals surface area contributed by atoms with Gasteiger partial charge in [0.2, 0.25) is 0 Å². The van der Waals surface area contributed by atoms with Crippen LogP contribution in [0.1, 0.15) is 52.0 Å². The Morgan fingerprint density at radius 1 is 1.06 bits per heavy atom. The quantitative estimate of drug-likeness (QED) is 0.622. The van der Waals surface area contributed by atoms with Crippen LogP contribution < -0.4 is 4.74 Å². The molecule has 1 aromatic carbocycles. The number of carbonyl (C=O) groups is 2. The number of piperidine rings is 1. The molecule has 1 aromatic rings. The Balaban J connectivity index is 1.62. The molecule has 168 valence electrons. The van der Waals surface area contributed by atoms with Crippen molar-refractivity contribution in [2.45, 2.75) is 52.6 Å². The molecule has 31 heavy (non-hydrogen) atoms. The van der Waals surface area contributed by atoms with E-state index in [4.69, 9.17) is 9.47 Å². The molecule has 1 atom stereocenters. The first-order chi connectivity index (χ1) is 14.9. The van der Waals surface area contributed by atoms with Crippen molar-refractivity contribution < 1.29 is 19.1 Å². The normalized spacial score (nSPS) is 22.9. The molecule has 2 fully saturated rings. The van der Waals surface area contributed by atoms with Crippen LogP contribution in [0.4, 0.5) is 0 Å². The number of likely N-dealkylation sites (tertiary alicyclic amines) is 1. The van der Waals surface area contributed by atoms with Gasteiger partial charge in [0.1, 0.15) is 11.4 Å². The summed E-state index contributed by atoms with van der Waals surface area (Å²) in [5.74, 6) is 1.48. The molecule has 0 N–H and O–H groups in total. The lowest BCUT2D eigenvalue weighted by Crippen LogP contribution is -2.41. The third kappa shape index (κ3) is 4.79. The summed E-state index contributed by atoms with van der Waals surface area (Å²) in [6.45, 7) is 9.76. The largest absolute Gasteiger partial charge is 0.493 e. The predicted molar refractivity (Wildman–Crippen MR) is 119 cm³/mol. The zero-order valence-corrected chi connectivity index (χ0v) is 18.9. The van der Waals surface area contributed by atoms with E-state index in [1.807, 2.05) is 24.3 Å². The van der Waals surface area contributed by atoms with Crippen LogP contribution in [-0.2, 0) is 14.3 Å². The van der Waals surface area contributed by atoms with Gasteiger partial charge in [0.05, 0.1) is 24.8 Å². The van der Waals surface area contributed by atoms with Crippen molar-refractivity contribution in [1.29, 1.82) is 0 Å². The first-order valence-electron chi connectivity index (χ1n) is 11.6. The molecule has 1 unspecified atom stereocenters. The molecule has 0 bridgehead atoms. The topological polar surface area (TPSA) is 59.1 Å². The molecule has 3 heterocycles. The van der Waals surface area contributed by atoms with Gasteiger partial charge in [-0.15, -0.1) is 0 Å². The number of nitrogens with zero attached hydrogens (tertiary/aromatic N) is 2. The second-order valence-electron chi connectivity index (χ2n) is 9.48. The highest BCUT2D eigenvalue weighted by atomic mass is 16.5. The molecule has 0 aromatic heterocycles. The Hall–Kier alpha value is -2.34. The molecule has 2 saturated heterocycles. The molecule has 0 saturated carbocycles. The number of hydrogen-bond acceptors (Lipinski definition) is 5. The van der Waals surface area contributed by atoms with Gasteiger partial charge in [0, 0.05) is 19.7 Å². The van der Waals surface area contributed by atoms with Crippen LogP contribution in [0, 0.1) is 11.8 Å². The van der Waals surface area contributed by atoms with Crippen molar-refractivity contribution in [2.75, 3.05) is 32.8 Å². The minimum atomic E-state index is -0.204.